The van der Waals surface area contributed by atoms with E-state index in [1.54, 1.807) is 24.3 Å². The molecule has 1 atom stereocenters. The summed E-state index contributed by atoms with van der Waals surface area (Å²) in [6, 6.07) is 5.90. The van der Waals surface area contributed by atoms with Crippen LogP contribution in [0.25, 0.3) is 0 Å². The summed E-state index contributed by atoms with van der Waals surface area (Å²) < 4.78 is 5.06. The SMILES string of the molecule is COc1ccc(N(CN2C(=O)CC[C@H]2C(=O)O)C(C)=O)cc1. The second-order valence-electron chi connectivity index (χ2n) is 5.04. The van der Waals surface area contributed by atoms with Crippen molar-refractivity contribution in [3.05, 3.63) is 24.3 Å². The highest BCUT2D eigenvalue weighted by atomic mass is 16.5. The quantitative estimate of drug-likeness (QED) is 0.879. The largest absolute Gasteiger partial charge is 0.497 e. The summed E-state index contributed by atoms with van der Waals surface area (Å²) in [7, 11) is 1.54. The van der Waals surface area contributed by atoms with Gasteiger partial charge in [0.25, 0.3) is 0 Å². The summed E-state index contributed by atoms with van der Waals surface area (Å²) in [5.74, 6) is -0.932. The Morgan fingerprint density at radius 1 is 1.36 bits per heavy atom. The lowest BCUT2D eigenvalue weighted by atomic mass is 10.2. The van der Waals surface area contributed by atoms with Crippen molar-refractivity contribution in [3.63, 3.8) is 0 Å². The van der Waals surface area contributed by atoms with Crippen LogP contribution in [0.15, 0.2) is 24.3 Å². The molecule has 2 rings (SSSR count). The van der Waals surface area contributed by atoms with Crippen LogP contribution in [-0.4, -0.2) is 47.6 Å². The molecule has 1 saturated heterocycles. The Morgan fingerprint density at radius 2 is 2.00 bits per heavy atom. The number of nitrogens with zero attached hydrogens (tertiary/aromatic N) is 2. The van der Waals surface area contributed by atoms with Crippen LogP contribution in [0.4, 0.5) is 5.69 Å². The predicted molar refractivity (Wildman–Crippen MR) is 78.5 cm³/mol. The van der Waals surface area contributed by atoms with Crippen molar-refractivity contribution >= 4 is 23.5 Å². The fourth-order valence-electron chi connectivity index (χ4n) is 2.45. The number of carbonyl (C=O) groups excluding carboxylic acids is 2. The maximum atomic E-state index is 11.9. The molecule has 1 fully saturated rings. The monoisotopic (exact) mass is 306 g/mol. The van der Waals surface area contributed by atoms with Crippen molar-refractivity contribution in [2.75, 3.05) is 18.7 Å². The first-order valence-corrected chi connectivity index (χ1v) is 6.88. The molecular weight excluding hydrogens is 288 g/mol. The molecule has 22 heavy (non-hydrogen) atoms. The second-order valence-corrected chi connectivity index (χ2v) is 5.04. The first kappa shape index (κ1) is 15.8. The molecule has 2 amide bonds. The van der Waals surface area contributed by atoms with Crippen LogP contribution in [0.1, 0.15) is 19.8 Å². The lowest BCUT2D eigenvalue weighted by molar-refractivity contribution is -0.146. The van der Waals surface area contributed by atoms with E-state index in [-0.39, 0.29) is 31.3 Å². The van der Waals surface area contributed by atoms with Gasteiger partial charge in [0.2, 0.25) is 11.8 Å². The number of hydrogen-bond acceptors (Lipinski definition) is 4. The van der Waals surface area contributed by atoms with E-state index in [0.717, 1.165) is 0 Å². The van der Waals surface area contributed by atoms with Crippen molar-refractivity contribution in [2.45, 2.75) is 25.8 Å². The zero-order valence-corrected chi connectivity index (χ0v) is 12.5. The first-order valence-electron chi connectivity index (χ1n) is 6.88. The van der Waals surface area contributed by atoms with Gasteiger partial charge in [-0.3, -0.25) is 14.5 Å². The number of rotatable bonds is 5. The highest BCUT2D eigenvalue weighted by Crippen LogP contribution is 2.24. The van der Waals surface area contributed by atoms with Gasteiger partial charge in [0, 0.05) is 19.0 Å². The van der Waals surface area contributed by atoms with E-state index in [2.05, 4.69) is 0 Å². The van der Waals surface area contributed by atoms with Crippen LogP contribution in [0.3, 0.4) is 0 Å². The molecule has 1 N–H and O–H groups in total. The Balaban J connectivity index is 2.22. The van der Waals surface area contributed by atoms with Crippen LogP contribution in [-0.2, 0) is 14.4 Å². The van der Waals surface area contributed by atoms with Gasteiger partial charge in [0.05, 0.1) is 7.11 Å². The van der Waals surface area contributed by atoms with Gasteiger partial charge in [-0.15, -0.1) is 0 Å². The number of anilines is 1. The molecule has 0 radical (unpaired) electrons. The van der Waals surface area contributed by atoms with E-state index in [9.17, 15) is 19.5 Å². The Morgan fingerprint density at radius 3 is 2.50 bits per heavy atom. The summed E-state index contributed by atoms with van der Waals surface area (Å²) >= 11 is 0. The van der Waals surface area contributed by atoms with Crippen molar-refractivity contribution in [2.24, 2.45) is 0 Å². The van der Waals surface area contributed by atoms with Gasteiger partial charge in [0.15, 0.2) is 0 Å². The normalized spacial score (nSPS) is 17.5. The number of hydrogen-bond donors (Lipinski definition) is 1. The Labute approximate surface area is 128 Å². The van der Waals surface area contributed by atoms with Crippen LogP contribution < -0.4 is 9.64 Å². The standard InChI is InChI=1S/C15H18N2O5/c1-10(18)16(11-3-5-12(22-2)6-4-11)9-17-13(15(20)21)7-8-14(17)19/h3-6,13H,7-9H2,1-2H3,(H,20,21)/t13-/m0/s1. The molecule has 0 bridgehead atoms. The molecule has 1 aromatic rings. The van der Waals surface area contributed by atoms with Gasteiger partial charge >= 0.3 is 5.97 Å². The number of benzene rings is 1. The van der Waals surface area contributed by atoms with Crippen molar-refractivity contribution in [1.29, 1.82) is 0 Å². The minimum Gasteiger partial charge on any atom is -0.497 e. The van der Waals surface area contributed by atoms with Crippen molar-refractivity contribution in [1.82, 2.24) is 4.90 Å². The molecule has 1 heterocycles. The summed E-state index contributed by atoms with van der Waals surface area (Å²) in [5.41, 5.74) is 0.581. The lowest BCUT2D eigenvalue weighted by Crippen LogP contribution is -2.47. The molecule has 7 nitrogen and oxygen atoms in total. The highest BCUT2D eigenvalue weighted by Gasteiger charge is 2.37. The molecule has 118 valence electrons. The average Bonchev–Trinajstić information content (AvgIpc) is 2.86. The maximum absolute atomic E-state index is 11.9. The summed E-state index contributed by atoms with van der Waals surface area (Å²) in [5, 5.41) is 9.18. The van der Waals surface area contributed by atoms with Gasteiger partial charge in [-0.25, -0.2) is 4.79 Å². The Bertz CT molecular complexity index is 584. The summed E-state index contributed by atoms with van der Waals surface area (Å²) in [6.07, 6.45) is 0.452. The number of aliphatic carboxylic acids is 1. The molecule has 0 spiro atoms. The lowest BCUT2D eigenvalue weighted by Gasteiger charge is -2.29. The van der Waals surface area contributed by atoms with Crippen LogP contribution >= 0.6 is 0 Å². The van der Waals surface area contributed by atoms with Crippen LogP contribution in [0.2, 0.25) is 0 Å². The fraction of sp³-hybridized carbons (Fsp3) is 0.400. The molecule has 0 unspecified atom stereocenters. The smallest absolute Gasteiger partial charge is 0.326 e. The third kappa shape index (κ3) is 3.19. The second kappa shape index (κ2) is 6.46. The molecule has 0 saturated carbocycles. The first-order chi connectivity index (χ1) is 10.4. The predicted octanol–water partition coefficient (Wildman–Crippen LogP) is 1.08. The topological polar surface area (TPSA) is 87.2 Å². The van der Waals surface area contributed by atoms with Crippen LogP contribution in [0, 0.1) is 0 Å². The number of carboxylic acid groups (broad SMARTS) is 1. The fourth-order valence-corrected chi connectivity index (χ4v) is 2.45. The van der Waals surface area contributed by atoms with Gasteiger partial charge in [0.1, 0.15) is 18.5 Å². The number of methoxy groups -OCH3 is 1. The number of carbonyl (C=O) groups is 3. The summed E-state index contributed by atoms with van der Waals surface area (Å²) in [4.78, 5) is 37.6. The molecule has 1 aliphatic rings. The van der Waals surface area contributed by atoms with Crippen LogP contribution in [0.5, 0.6) is 5.75 Å². The Hall–Kier alpha value is -2.57. The van der Waals surface area contributed by atoms with E-state index in [1.807, 2.05) is 0 Å². The third-order valence-corrected chi connectivity index (χ3v) is 3.67. The minimum atomic E-state index is -1.05. The van der Waals surface area contributed by atoms with Gasteiger partial charge in [-0.2, -0.15) is 0 Å². The van der Waals surface area contributed by atoms with E-state index in [0.29, 0.717) is 11.4 Å². The number of amides is 2. The molecule has 7 heteroatoms. The maximum Gasteiger partial charge on any atom is 0.326 e. The van der Waals surface area contributed by atoms with Gasteiger partial charge in [-0.1, -0.05) is 0 Å². The molecule has 1 aliphatic heterocycles. The molecular formula is C15H18N2O5. The highest BCUT2D eigenvalue weighted by molar-refractivity contribution is 5.93. The van der Waals surface area contributed by atoms with Gasteiger partial charge < -0.3 is 14.7 Å². The van der Waals surface area contributed by atoms with E-state index >= 15 is 0 Å². The zero-order chi connectivity index (χ0) is 16.3. The van der Waals surface area contributed by atoms with Crippen molar-refractivity contribution in [3.8, 4) is 5.75 Å². The molecule has 1 aromatic carbocycles. The third-order valence-electron chi connectivity index (χ3n) is 3.67. The molecule has 0 aliphatic carbocycles. The Kier molecular flexibility index (Phi) is 4.65. The number of carboxylic acids is 1. The molecule has 0 aromatic heterocycles. The number of ether oxygens (including phenoxy) is 1. The number of likely N-dealkylation sites (tertiary alicyclic amines) is 1. The minimum absolute atomic E-state index is 0.0720. The van der Waals surface area contributed by atoms with Crippen molar-refractivity contribution < 1.29 is 24.2 Å². The van der Waals surface area contributed by atoms with E-state index in [4.69, 9.17) is 4.74 Å². The summed E-state index contributed by atoms with van der Waals surface area (Å²) in [6.45, 7) is 1.30. The zero-order valence-electron chi connectivity index (χ0n) is 12.5. The van der Waals surface area contributed by atoms with E-state index in [1.165, 1.54) is 23.8 Å². The van der Waals surface area contributed by atoms with Gasteiger partial charge in [-0.05, 0) is 30.7 Å². The average molecular weight is 306 g/mol. The van der Waals surface area contributed by atoms with E-state index < -0.39 is 12.0 Å².